The van der Waals surface area contributed by atoms with Gasteiger partial charge in [0.05, 0.1) is 19.8 Å². The average molecular weight is 395 g/mol. The second kappa shape index (κ2) is 10.9. The number of hydrogen-bond donors (Lipinski definition) is 2. The van der Waals surface area contributed by atoms with Gasteiger partial charge >= 0.3 is 0 Å². The molecule has 0 saturated carbocycles. The lowest BCUT2D eigenvalue weighted by atomic mass is 9.97. The Morgan fingerprint density at radius 1 is 1.19 bits per heavy atom. The summed E-state index contributed by atoms with van der Waals surface area (Å²) in [6, 6.07) is 8.44. The number of nitrogens with one attached hydrogen (secondary N) is 2. The molecule has 2 aliphatic rings. The highest BCUT2D eigenvalue weighted by atomic mass is 35.5. The molecule has 0 amide bonds. The highest BCUT2D eigenvalue weighted by Gasteiger charge is 2.31. The van der Waals surface area contributed by atoms with Crippen LogP contribution in [0.15, 0.2) is 29.3 Å². The number of halogens is 1. The summed E-state index contributed by atoms with van der Waals surface area (Å²) in [6.07, 6.45) is 2.06. The van der Waals surface area contributed by atoms with Gasteiger partial charge in [-0.2, -0.15) is 0 Å². The van der Waals surface area contributed by atoms with Crippen LogP contribution in [0.25, 0.3) is 0 Å². The van der Waals surface area contributed by atoms with Crippen LogP contribution in [0.3, 0.4) is 0 Å². The number of nitrogens with zero attached hydrogens (tertiary/aromatic N) is 2. The largest absolute Gasteiger partial charge is 0.381 e. The summed E-state index contributed by atoms with van der Waals surface area (Å²) in [7, 11) is 1.82. The standard InChI is InChI=1S/C20H31ClN4O2/c1-22-20(23-8-6-16-2-4-18(21)5-3-16)24-14-19(17-7-11-27-15-17)25-9-12-26-13-10-25/h2-5,17,19H,6-15H2,1H3,(H2,22,23,24). The predicted octanol–water partition coefficient (Wildman–Crippen LogP) is 1.78. The molecule has 27 heavy (non-hydrogen) atoms. The van der Waals surface area contributed by atoms with Crippen molar-refractivity contribution in [2.45, 2.75) is 18.9 Å². The van der Waals surface area contributed by atoms with Crippen LogP contribution in [0.5, 0.6) is 0 Å². The highest BCUT2D eigenvalue weighted by molar-refractivity contribution is 6.30. The SMILES string of the molecule is CN=C(NCCc1ccc(Cl)cc1)NCC(C1CCOC1)N1CCOCC1. The van der Waals surface area contributed by atoms with Crippen LogP contribution < -0.4 is 10.6 Å². The van der Waals surface area contributed by atoms with Crippen molar-refractivity contribution in [3.63, 3.8) is 0 Å². The van der Waals surface area contributed by atoms with E-state index in [9.17, 15) is 0 Å². The topological polar surface area (TPSA) is 58.1 Å². The molecule has 2 unspecified atom stereocenters. The van der Waals surface area contributed by atoms with Gasteiger partial charge in [0.25, 0.3) is 0 Å². The Hall–Kier alpha value is -1.34. The summed E-state index contributed by atoms with van der Waals surface area (Å²) in [4.78, 5) is 6.91. The number of guanidine groups is 1. The third-order valence-corrected chi connectivity index (χ3v) is 5.60. The van der Waals surface area contributed by atoms with Gasteiger partial charge in [-0.25, -0.2) is 0 Å². The molecule has 0 aromatic heterocycles. The van der Waals surface area contributed by atoms with Crippen LogP contribution >= 0.6 is 11.6 Å². The Labute approximate surface area is 167 Å². The maximum Gasteiger partial charge on any atom is 0.191 e. The number of aliphatic imine (C=N–C) groups is 1. The van der Waals surface area contributed by atoms with Crippen molar-refractivity contribution in [2.75, 3.05) is 59.7 Å². The van der Waals surface area contributed by atoms with Gasteiger partial charge in [-0.15, -0.1) is 0 Å². The molecule has 150 valence electrons. The number of ether oxygens (including phenoxy) is 2. The molecule has 1 aromatic rings. The molecule has 0 aliphatic carbocycles. The fraction of sp³-hybridized carbons (Fsp3) is 0.650. The van der Waals surface area contributed by atoms with Crippen LogP contribution in [-0.2, 0) is 15.9 Å². The summed E-state index contributed by atoms with van der Waals surface area (Å²) >= 11 is 5.94. The first-order valence-corrected chi connectivity index (χ1v) is 10.2. The van der Waals surface area contributed by atoms with Gasteiger partial charge in [-0.3, -0.25) is 9.89 Å². The van der Waals surface area contributed by atoms with E-state index in [4.69, 9.17) is 21.1 Å². The molecule has 0 bridgehead atoms. The van der Waals surface area contributed by atoms with E-state index >= 15 is 0 Å². The summed E-state index contributed by atoms with van der Waals surface area (Å²) in [5, 5.41) is 7.70. The van der Waals surface area contributed by atoms with E-state index in [0.29, 0.717) is 12.0 Å². The first-order chi connectivity index (χ1) is 13.3. The van der Waals surface area contributed by atoms with E-state index in [1.54, 1.807) is 0 Å². The number of rotatable bonds is 7. The third-order valence-electron chi connectivity index (χ3n) is 5.35. The van der Waals surface area contributed by atoms with Crippen molar-refractivity contribution in [3.8, 4) is 0 Å². The Bertz CT molecular complexity index is 584. The van der Waals surface area contributed by atoms with Crippen molar-refractivity contribution >= 4 is 17.6 Å². The van der Waals surface area contributed by atoms with Gasteiger partial charge in [0, 0.05) is 56.8 Å². The number of hydrogen-bond acceptors (Lipinski definition) is 4. The summed E-state index contributed by atoms with van der Waals surface area (Å²) in [5.74, 6) is 1.42. The second-order valence-electron chi connectivity index (χ2n) is 7.10. The second-order valence-corrected chi connectivity index (χ2v) is 7.53. The molecule has 6 nitrogen and oxygen atoms in total. The maximum absolute atomic E-state index is 5.94. The molecule has 2 aliphatic heterocycles. The van der Waals surface area contributed by atoms with Gasteiger partial charge in [-0.1, -0.05) is 23.7 Å². The lowest BCUT2D eigenvalue weighted by Gasteiger charge is -2.37. The summed E-state index contributed by atoms with van der Waals surface area (Å²) in [5.41, 5.74) is 1.26. The van der Waals surface area contributed by atoms with Crippen LogP contribution in [-0.4, -0.2) is 76.6 Å². The Morgan fingerprint density at radius 2 is 1.96 bits per heavy atom. The molecular formula is C20H31ClN4O2. The Balaban J connectivity index is 1.47. The summed E-state index contributed by atoms with van der Waals surface area (Å²) in [6.45, 7) is 7.05. The van der Waals surface area contributed by atoms with Gasteiger partial charge < -0.3 is 20.1 Å². The van der Waals surface area contributed by atoms with E-state index in [2.05, 4.69) is 32.7 Å². The lowest BCUT2D eigenvalue weighted by molar-refractivity contribution is 0.00247. The zero-order valence-electron chi connectivity index (χ0n) is 16.1. The van der Waals surface area contributed by atoms with Crippen molar-refractivity contribution in [2.24, 2.45) is 10.9 Å². The monoisotopic (exact) mass is 394 g/mol. The molecule has 2 saturated heterocycles. The molecular weight excluding hydrogens is 364 g/mol. The molecule has 2 atom stereocenters. The minimum absolute atomic E-state index is 0.450. The maximum atomic E-state index is 5.94. The fourth-order valence-electron chi connectivity index (χ4n) is 3.76. The number of benzene rings is 1. The predicted molar refractivity (Wildman–Crippen MR) is 110 cm³/mol. The lowest BCUT2D eigenvalue weighted by Crippen LogP contribution is -2.53. The third kappa shape index (κ3) is 6.35. The molecule has 0 spiro atoms. The number of morpholine rings is 1. The molecule has 2 fully saturated rings. The molecule has 0 radical (unpaired) electrons. The highest BCUT2D eigenvalue weighted by Crippen LogP contribution is 2.21. The first-order valence-electron chi connectivity index (χ1n) is 9.85. The normalized spacial score (nSPS) is 22.6. The molecule has 7 heteroatoms. The summed E-state index contributed by atoms with van der Waals surface area (Å²) < 4.78 is 11.2. The fourth-order valence-corrected chi connectivity index (χ4v) is 3.88. The van der Waals surface area contributed by atoms with Gasteiger partial charge in [0.15, 0.2) is 5.96 Å². The van der Waals surface area contributed by atoms with Crippen molar-refractivity contribution in [1.82, 2.24) is 15.5 Å². The average Bonchev–Trinajstić information content (AvgIpc) is 3.23. The zero-order valence-corrected chi connectivity index (χ0v) is 16.9. The van der Waals surface area contributed by atoms with E-state index in [1.165, 1.54) is 5.56 Å². The van der Waals surface area contributed by atoms with E-state index in [1.807, 2.05) is 19.2 Å². The Morgan fingerprint density at radius 3 is 2.63 bits per heavy atom. The minimum Gasteiger partial charge on any atom is -0.381 e. The smallest absolute Gasteiger partial charge is 0.191 e. The van der Waals surface area contributed by atoms with Gasteiger partial charge in [0.2, 0.25) is 0 Å². The van der Waals surface area contributed by atoms with E-state index in [-0.39, 0.29) is 0 Å². The first kappa shape index (κ1) is 20.4. The quantitative estimate of drug-likeness (QED) is 0.545. The van der Waals surface area contributed by atoms with E-state index < -0.39 is 0 Å². The van der Waals surface area contributed by atoms with Gasteiger partial charge in [-0.05, 0) is 30.5 Å². The van der Waals surface area contributed by atoms with Crippen LogP contribution in [0.2, 0.25) is 5.02 Å². The van der Waals surface area contributed by atoms with Crippen molar-refractivity contribution in [3.05, 3.63) is 34.9 Å². The van der Waals surface area contributed by atoms with E-state index in [0.717, 1.165) is 76.4 Å². The molecule has 1 aromatic carbocycles. The zero-order chi connectivity index (χ0) is 18.9. The minimum atomic E-state index is 0.450. The van der Waals surface area contributed by atoms with Crippen LogP contribution in [0.4, 0.5) is 0 Å². The van der Waals surface area contributed by atoms with Gasteiger partial charge in [0.1, 0.15) is 0 Å². The molecule has 2 N–H and O–H groups in total. The Kier molecular flexibility index (Phi) is 8.20. The van der Waals surface area contributed by atoms with Crippen LogP contribution in [0, 0.1) is 5.92 Å². The van der Waals surface area contributed by atoms with Crippen molar-refractivity contribution in [1.29, 1.82) is 0 Å². The molecule has 3 rings (SSSR count). The van der Waals surface area contributed by atoms with Crippen LogP contribution in [0.1, 0.15) is 12.0 Å². The molecule has 2 heterocycles. The van der Waals surface area contributed by atoms with Crippen molar-refractivity contribution < 1.29 is 9.47 Å².